The van der Waals surface area contributed by atoms with Gasteiger partial charge in [0, 0.05) is 26.6 Å². The highest BCUT2D eigenvalue weighted by Gasteiger charge is 2.30. The third kappa shape index (κ3) is 2.56. The maximum absolute atomic E-state index is 12.5. The lowest BCUT2D eigenvalue weighted by molar-refractivity contribution is -0.130. The van der Waals surface area contributed by atoms with E-state index in [1.54, 1.807) is 16.8 Å². The van der Waals surface area contributed by atoms with Crippen LogP contribution in [0.1, 0.15) is 29.4 Å². The van der Waals surface area contributed by atoms with Crippen molar-refractivity contribution in [2.75, 3.05) is 32.1 Å². The monoisotopic (exact) mass is 282 g/mol. The van der Waals surface area contributed by atoms with E-state index in [0.717, 1.165) is 10.7 Å². The molecule has 0 aromatic carbocycles. The standard InChI is InChI=1S/C12H18N4O2S/c1-4-9(17)15-5-6-16(7-15)12(18)10-8(2)14-19-11(10)13-3/h13H,4-7H2,1-3H3. The maximum Gasteiger partial charge on any atom is 0.260 e. The molecule has 6 nitrogen and oxygen atoms in total. The number of hydrogen-bond acceptors (Lipinski definition) is 5. The number of anilines is 1. The molecule has 19 heavy (non-hydrogen) atoms. The highest BCUT2D eigenvalue weighted by atomic mass is 32.1. The van der Waals surface area contributed by atoms with E-state index in [2.05, 4.69) is 9.69 Å². The second-order valence-corrected chi connectivity index (χ2v) is 5.22. The Bertz CT molecular complexity index is 500. The Hall–Kier alpha value is -1.63. The second-order valence-electron chi connectivity index (χ2n) is 4.44. The number of hydrogen-bond donors (Lipinski definition) is 1. The van der Waals surface area contributed by atoms with Gasteiger partial charge >= 0.3 is 0 Å². The number of amides is 2. The van der Waals surface area contributed by atoms with Crippen LogP contribution in [0.2, 0.25) is 0 Å². The van der Waals surface area contributed by atoms with Crippen LogP contribution in [-0.4, -0.2) is 52.8 Å². The van der Waals surface area contributed by atoms with Crippen LogP contribution in [0.15, 0.2) is 0 Å². The highest BCUT2D eigenvalue weighted by Crippen LogP contribution is 2.26. The van der Waals surface area contributed by atoms with Gasteiger partial charge in [0.25, 0.3) is 5.91 Å². The minimum absolute atomic E-state index is 0.0537. The van der Waals surface area contributed by atoms with Gasteiger partial charge in [-0.05, 0) is 18.5 Å². The molecular weight excluding hydrogens is 264 g/mol. The SMILES string of the molecule is CCC(=O)N1CCN(C(=O)c2c(C)nsc2NC)C1. The predicted molar refractivity (Wildman–Crippen MR) is 74.3 cm³/mol. The summed E-state index contributed by atoms with van der Waals surface area (Å²) in [5.41, 5.74) is 1.36. The van der Waals surface area contributed by atoms with Gasteiger partial charge in [0.15, 0.2) is 0 Å². The first kappa shape index (κ1) is 13.8. The summed E-state index contributed by atoms with van der Waals surface area (Å²) in [6.07, 6.45) is 0.475. The van der Waals surface area contributed by atoms with Gasteiger partial charge in [-0.25, -0.2) is 0 Å². The number of rotatable bonds is 3. The van der Waals surface area contributed by atoms with E-state index < -0.39 is 0 Å². The van der Waals surface area contributed by atoms with E-state index in [0.29, 0.717) is 31.7 Å². The maximum atomic E-state index is 12.5. The number of nitrogens with zero attached hydrogens (tertiary/aromatic N) is 3. The van der Waals surface area contributed by atoms with E-state index in [4.69, 9.17) is 0 Å². The van der Waals surface area contributed by atoms with Crippen molar-refractivity contribution in [1.29, 1.82) is 0 Å². The average molecular weight is 282 g/mol. The Labute approximate surface area is 116 Å². The summed E-state index contributed by atoms with van der Waals surface area (Å²) in [6.45, 7) is 5.24. The van der Waals surface area contributed by atoms with Crippen LogP contribution in [0, 0.1) is 6.92 Å². The molecule has 1 N–H and O–H groups in total. The third-order valence-corrected chi connectivity index (χ3v) is 4.18. The normalized spacial score (nSPS) is 14.9. The van der Waals surface area contributed by atoms with Crippen LogP contribution in [0.5, 0.6) is 0 Å². The summed E-state index contributed by atoms with van der Waals surface area (Å²) in [5, 5.41) is 3.77. The Morgan fingerprint density at radius 3 is 2.68 bits per heavy atom. The van der Waals surface area contributed by atoms with Crippen LogP contribution in [-0.2, 0) is 4.79 Å². The molecule has 0 spiro atoms. The highest BCUT2D eigenvalue weighted by molar-refractivity contribution is 7.10. The first-order valence-corrected chi connectivity index (χ1v) is 7.06. The molecule has 0 saturated carbocycles. The number of carbonyl (C=O) groups excluding carboxylic acids is 2. The van der Waals surface area contributed by atoms with Crippen molar-refractivity contribution >= 4 is 28.3 Å². The van der Waals surface area contributed by atoms with E-state index in [9.17, 15) is 9.59 Å². The molecule has 0 aliphatic carbocycles. The fourth-order valence-corrected chi connectivity index (χ4v) is 2.87. The van der Waals surface area contributed by atoms with Gasteiger partial charge in [-0.2, -0.15) is 4.37 Å². The van der Waals surface area contributed by atoms with E-state index in [1.807, 2.05) is 13.8 Å². The third-order valence-electron chi connectivity index (χ3n) is 3.23. The summed E-state index contributed by atoms with van der Waals surface area (Å²) in [6, 6.07) is 0. The van der Waals surface area contributed by atoms with Gasteiger partial charge in [0.1, 0.15) is 5.00 Å². The van der Waals surface area contributed by atoms with Crippen molar-refractivity contribution in [3.8, 4) is 0 Å². The minimum Gasteiger partial charge on any atom is -0.378 e. The van der Waals surface area contributed by atoms with Gasteiger partial charge in [0.2, 0.25) is 5.91 Å². The molecule has 1 aliphatic heterocycles. The van der Waals surface area contributed by atoms with E-state index >= 15 is 0 Å². The van der Waals surface area contributed by atoms with Crippen LogP contribution >= 0.6 is 11.5 Å². The van der Waals surface area contributed by atoms with E-state index in [-0.39, 0.29) is 11.8 Å². The van der Waals surface area contributed by atoms with Crippen molar-refractivity contribution in [2.45, 2.75) is 20.3 Å². The molecular formula is C12H18N4O2S. The minimum atomic E-state index is -0.0537. The van der Waals surface area contributed by atoms with Crippen molar-refractivity contribution in [3.05, 3.63) is 11.3 Å². The van der Waals surface area contributed by atoms with Gasteiger partial charge in [-0.1, -0.05) is 6.92 Å². The second kappa shape index (κ2) is 5.56. The van der Waals surface area contributed by atoms with Gasteiger partial charge in [-0.3, -0.25) is 9.59 Å². The Kier molecular flexibility index (Phi) is 4.04. The number of aromatic nitrogens is 1. The Balaban J connectivity index is 2.13. The first-order chi connectivity index (χ1) is 9.08. The Morgan fingerprint density at radius 2 is 2.05 bits per heavy atom. The smallest absolute Gasteiger partial charge is 0.260 e. The summed E-state index contributed by atoms with van der Waals surface area (Å²) in [7, 11) is 1.78. The fourth-order valence-electron chi connectivity index (χ4n) is 2.13. The molecule has 0 bridgehead atoms. The molecule has 1 aliphatic rings. The molecule has 1 aromatic rings. The molecule has 7 heteroatoms. The van der Waals surface area contributed by atoms with Crippen LogP contribution in [0.25, 0.3) is 0 Å². The summed E-state index contributed by atoms with van der Waals surface area (Å²) in [4.78, 5) is 27.5. The molecule has 1 aromatic heterocycles. The zero-order chi connectivity index (χ0) is 14.0. The van der Waals surface area contributed by atoms with Crippen molar-refractivity contribution in [2.24, 2.45) is 0 Å². The lowest BCUT2D eigenvalue weighted by atomic mass is 10.2. The first-order valence-electron chi connectivity index (χ1n) is 6.29. The van der Waals surface area contributed by atoms with Crippen molar-refractivity contribution < 1.29 is 9.59 Å². The van der Waals surface area contributed by atoms with Crippen molar-refractivity contribution in [3.63, 3.8) is 0 Å². The average Bonchev–Trinajstić information content (AvgIpc) is 3.03. The molecule has 2 rings (SSSR count). The van der Waals surface area contributed by atoms with Gasteiger partial charge in [-0.15, -0.1) is 0 Å². The van der Waals surface area contributed by atoms with Gasteiger partial charge < -0.3 is 15.1 Å². The van der Waals surface area contributed by atoms with Gasteiger partial charge in [0.05, 0.1) is 17.9 Å². The number of carbonyl (C=O) groups is 2. The molecule has 0 radical (unpaired) electrons. The molecule has 104 valence electrons. The zero-order valence-electron chi connectivity index (χ0n) is 11.4. The number of nitrogens with one attached hydrogen (secondary N) is 1. The van der Waals surface area contributed by atoms with Crippen LogP contribution in [0.3, 0.4) is 0 Å². The van der Waals surface area contributed by atoms with Crippen LogP contribution in [0.4, 0.5) is 5.00 Å². The fraction of sp³-hybridized carbons (Fsp3) is 0.583. The summed E-state index contributed by atoms with van der Waals surface area (Å²) < 4.78 is 4.20. The Morgan fingerprint density at radius 1 is 1.37 bits per heavy atom. The lowest BCUT2D eigenvalue weighted by Gasteiger charge is -2.18. The lowest BCUT2D eigenvalue weighted by Crippen LogP contribution is -2.34. The topological polar surface area (TPSA) is 65.5 Å². The zero-order valence-corrected chi connectivity index (χ0v) is 12.2. The van der Waals surface area contributed by atoms with E-state index in [1.165, 1.54) is 11.5 Å². The summed E-state index contributed by atoms with van der Waals surface area (Å²) in [5.74, 6) is 0.0336. The predicted octanol–water partition coefficient (Wildman–Crippen LogP) is 1.15. The molecule has 0 unspecified atom stereocenters. The largest absolute Gasteiger partial charge is 0.378 e. The number of aryl methyl sites for hydroxylation is 1. The molecule has 0 atom stereocenters. The molecule has 2 heterocycles. The quantitative estimate of drug-likeness (QED) is 0.903. The molecule has 1 saturated heterocycles. The summed E-state index contributed by atoms with van der Waals surface area (Å²) >= 11 is 1.29. The molecule has 2 amide bonds. The van der Waals surface area contributed by atoms with Crippen molar-refractivity contribution in [1.82, 2.24) is 14.2 Å². The van der Waals surface area contributed by atoms with Crippen LogP contribution < -0.4 is 5.32 Å². The molecule has 1 fully saturated rings.